The molecule has 1 aliphatic carbocycles. The lowest BCUT2D eigenvalue weighted by atomic mass is 9.98. The van der Waals surface area contributed by atoms with Gasteiger partial charge in [-0.15, -0.1) is 0 Å². The molecule has 0 N–H and O–H groups in total. The molecule has 0 spiro atoms. The van der Waals surface area contributed by atoms with Crippen LogP contribution >= 0.6 is 0 Å². The fourth-order valence-electron chi connectivity index (χ4n) is 4.35. The Morgan fingerprint density at radius 3 is 2.51 bits per heavy atom. The van der Waals surface area contributed by atoms with E-state index < -0.39 is 0 Å². The Kier molecular flexibility index (Phi) is 7.10. The van der Waals surface area contributed by atoms with Gasteiger partial charge in [-0.1, -0.05) is 52.8 Å². The van der Waals surface area contributed by atoms with Gasteiger partial charge in [-0.05, 0) is 25.2 Å². The first-order valence-electron chi connectivity index (χ1n) is 12.7. The standard InChI is InChI=1S/C23H19N3O3.C4H10.C2H6.H2/c1-25-11-14(10-24-25)15-3-2-4-16-17-7-8-26-12-18(21(28)13-5-6-13)20(27)9-19(26)23(17)29-22(15)16;1-4(2)3;1-2;/h2-4,9-13H,5-8H2,1H3;4H,1-3H3;1-2H3;1H. The van der Waals surface area contributed by atoms with Crippen LogP contribution in [0, 0.1) is 11.8 Å². The Labute approximate surface area is 208 Å². The molecule has 6 nitrogen and oxygen atoms in total. The minimum Gasteiger partial charge on any atom is -0.454 e. The maximum atomic E-state index is 12.7. The molecule has 3 aromatic heterocycles. The molecular formula is C29H37N3O3. The summed E-state index contributed by atoms with van der Waals surface area (Å²) in [5, 5.41) is 5.34. The predicted octanol–water partition coefficient (Wildman–Crippen LogP) is 6.75. The highest BCUT2D eigenvalue weighted by molar-refractivity contribution is 6.00. The van der Waals surface area contributed by atoms with Crippen molar-refractivity contribution >= 4 is 16.8 Å². The fraction of sp³-hybridized carbons (Fsp3) is 0.414. The number of carbonyl (C=O) groups excluding carboxylic acids is 1. The first kappa shape index (κ1) is 24.7. The molecule has 0 unspecified atom stereocenters. The quantitative estimate of drug-likeness (QED) is 0.308. The third-order valence-corrected chi connectivity index (χ3v) is 6.01. The number of hydrogen-bond donors (Lipinski definition) is 0. The first-order chi connectivity index (χ1) is 16.8. The van der Waals surface area contributed by atoms with Crippen LogP contribution < -0.4 is 5.43 Å². The highest BCUT2D eigenvalue weighted by Gasteiger charge is 2.33. The summed E-state index contributed by atoms with van der Waals surface area (Å²) < 4.78 is 10.1. The number of pyridine rings is 1. The van der Waals surface area contributed by atoms with Crippen molar-refractivity contribution in [3.05, 3.63) is 64.2 Å². The van der Waals surface area contributed by atoms with E-state index in [1.807, 2.05) is 50.0 Å². The summed E-state index contributed by atoms with van der Waals surface area (Å²) >= 11 is 0. The third-order valence-electron chi connectivity index (χ3n) is 6.01. The van der Waals surface area contributed by atoms with E-state index in [4.69, 9.17) is 4.42 Å². The molecule has 4 aromatic rings. The third kappa shape index (κ3) is 4.88. The van der Waals surface area contributed by atoms with Gasteiger partial charge in [-0.3, -0.25) is 14.3 Å². The molecule has 6 heteroatoms. The van der Waals surface area contributed by atoms with Crippen LogP contribution in [-0.2, 0) is 20.0 Å². The number of Topliss-reactive ketones (excluding diaryl/α,β-unsaturated/α-hetero) is 1. The number of aryl methyl sites for hydroxylation is 3. The fourth-order valence-corrected chi connectivity index (χ4v) is 4.35. The van der Waals surface area contributed by atoms with Gasteiger partial charge in [-0.25, -0.2) is 0 Å². The smallest absolute Gasteiger partial charge is 0.193 e. The van der Waals surface area contributed by atoms with Crippen molar-refractivity contribution in [2.75, 3.05) is 0 Å². The Morgan fingerprint density at radius 1 is 1.17 bits per heavy atom. The van der Waals surface area contributed by atoms with Gasteiger partial charge in [0.1, 0.15) is 5.58 Å². The van der Waals surface area contributed by atoms with E-state index >= 15 is 0 Å². The average molecular weight is 476 g/mol. The highest BCUT2D eigenvalue weighted by atomic mass is 16.3. The molecule has 35 heavy (non-hydrogen) atoms. The van der Waals surface area contributed by atoms with E-state index in [-0.39, 0.29) is 18.6 Å². The van der Waals surface area contributed by atoms with Crippen molar-refractivity contribution in [1.82, 2.24) is 14.3 Å². The van der Waals surface area contributed by atoms with Crippen molar-refractivity contribution in [3.63, 3.8) is 0 Å². The normalized spacial score (nSPS) is 13.9. The predicted molar refractivity (Wildman–Crippen MR) is 143 cm³/mol. The average Bonchev–Trinajstić information content (AvgIpc) is 3.49. The SMILES string of the molecule is CC.CC(C)C.Cn1cc(-c2cccc3c4c(oc23)-c2cc(=O)c(C(=O)C3CC3)cn2CC4)cn1.[HH]. The number of ketones is 1. The largest absolute Gasteiger partial charge is 0.454 e. The molecule has 6 rings (SSSR count). The van der Waals surface area contributed by atoms with Crippen LogP contribution in [0.25, 0.3) is 33.6 Å². The number of nitrogens with zero attached hydrogens (tertiary/aromatic N) is 3. The molecular weight excluding hydrogens is 438 g/mol. The van der Waals surface area contributed by atoms with Crippen LogP contribution in [0.3, 0.4) is 0 Å². The number of aromatic nitrogens is 3. The second-order valence-electron chi connectivity index (χ2n) is 9.75. The van der Waals surface area contributed by atoms with Crippen molar-refractivity contribution in [2.24, 2.45) is 18.9 Å². The van der Waals surface area contributed by atoms with Crippen LogP contribution in [-0.4, -0.2) is 20.1 Å². The molecule has 1 aromatic carbocycles. The minimum absolute atomic E-state index is 0. The van der Waals surface area contributed by atoms with Crippen LogP contribution in [0.4, 0.5) is 0 Å². The van der Waals surface area contributed by atoms with E-state index in [1.165, 1.54) is 0 Å². The number of para-hydroxylation sites is 1. The Hall–Kier alpha value is -3.41. The second-order valence-corrected chi connectivity index (χ2v) is 9.75. The van der Waals surface area contributed by atoms with Crippen LogP contribution in [0.1, 0.15) is 64.8 Å². The van der Waals surface area contributed by atoms with Crippen molar-refractivity contribution in [3.8, 4) is 22.6 Å². The Balaban J connectivity index is 0.000000473. The van der Waals surface area contributed by atoms with Gasteiger partial charge in [-0.2, -0.15) is 5.10 Å². The monoisotopic (exact) mass is 475 g/mol. The topological polar surface area (TPSA) is 70.0 Å². The van der Waals surface area contributed by atoms with E-state index in [0.717, 1.165) is 70.8 Å². The molecule has 1 saturated carbocycles. The molecule has 0 saturated heterocycles. The molecule has 186 valence electrons. The summed E-state index contributed by atoms with van der Waals surface area (Å²) in [6.45, 7) is 11.2. The van der Waals surface area contributed by atoms with Gasteiger partial charge in [0, 0.05) is 61.5 Å². The molecule has 0 amide bonds. The van der Waals surface area contributed by atoms with E-state index in [1.54, 1.807) is 16.9 Å². The summed E-state index contributed by atoms with van der Waals surface area (Å²) in [5.74, 6) is 1.58. The van der Waals surface area contributed by atoms with Gasteiger partial charge in [0.2, 0.25) is 0 Å². The van der Waals surface area contributed by atoms with E-state index in [0.29, 0.717) is 5.56 Å². The summed E-state index contributed by atoms with van der Waals surface area (Å²) in [4.78, 5) is 25.2. The lowest BCUT2D eigenvalue weighted by Crippen LogP contribution is -2.22. The zero-order chi connectivity index (χ0) is 25.3. The number of hydrogen-bond acceptors (Lipinski definition) is 4. The van der Waals surface area contributed by atoms with E-state index in [9.17, 15) is 9.59 Å². The van der Waals surface area contributed by atoms with Crippen LogP contribution in [0.15, 0.2) is 52.1 Å². The second kappa shape index (κ2) is 10.1. The maximum Gasteiger partial charge on any atom is 0.193 e. The number of carbonyl (C=O) groups is 1. The molecule has 1 fully saturated rings. The van der Waals surface area contributed by atoms with Crippen molar-refractivity contribution < 1.29 is 10.6 Å². The number of fused-ring (bicyclic) bond motifs is 5. The maximum absolute atomic E-state index is 12.7. The van der Waals surface area contributed by atoms with Gasteiger partial charge in [0.05, 0.1) is 17.5 Å². The molecule has 0 atom stereocenters. The number of rotatable bonds is 3. The highest BCUT2D eigenvalue weighted by Crippen LogP contribution is 2.41. The molecule has 0 bridgehead atoms. The lowest BCUT2D eigenvalue weighted by molar-refractivity contribution is 0.0966. The lowest BCUT2D eigenvalue weighted by Gasteiger charge is -2.19. The Bertz CT molecular complexity index is 1420. The number of benzene rings is 1. The van der Waals surface area contributed by atoms with Gasteiger partial charge >= 0.3 is 0 Å². The van der Waals surface area contributed by atoms with Crippen LogP contribution in [0.2, 0.25) is 0 Å². The van der Waals surface area contributed by atoms with Gasteiger partial charge in [0.15, 0.2) is 17.0 Å². The zero-order valence-electron chi connectivity index (χ0n) is 21.6. The van der Waals surface area contributed by atoms with E-state index in [2.05, 4.69) is 31.9 Å². The zero-order valence-corrected chi connectivity index (χ0v) is 21.6. The van der Waals surface area contributed by atoms with Gasteiger partial charge < -0.3 is 8.98 Å². The molecule has 0 radical (unpaired) electrons. The first-order valence-corrected chi connectivity index (χ1v) is 12.7. The summed E-state index contributed by atoms with van der Waals surface area (Å²) in [7, 11) is 1.89. The molecule has 1 aliphatic heterocycles. The molecule has 4 heterocycles. The Morgan fingerprint density at radius 2 is 1.89 bits per heavy atom. The van der Waals surface area contributed by atoms with Gasteiger partial charge in [0.25, 0.3) is 0 Å². The molecule has 2 aliphatic rings. The summed E-state index contributed by atoms with van der Waals surface area (Å²) in [6.07, 6.45) is 8.10. The van der Waals surface area contributed by atoms with Crippen LogP contribution in [0.5, 0.6) is 0 Å². The van der Waals surface area contributed by atoms with Crippen molar-refractivity contribution in [2.45, 2.75) is 60.4 Å². The van der Waals surface area contributed by atoms with Crippen molar-refractivity contribution in [1.29, 1.82) is 0 Å². The minimum atomic E-state index is -0.214. The summed E-state index contributed by atoms with van der Waals surface area (Å²) in [5.41, 5.74) is 4.75. The summed E-state index contributed by atoms with van der Waals surface area (Å²) in [6, 6.07) is 7.69. The number of furan rings is 1.